The highest BCUT2D eigenvalue weighted by Gasteiger charge is 2.33. The quantitative estimate of drug-likeness (QED) is 0.886. The molecule has 0 aromatic heterocycles. The van der Waals surface area contributed by atoms with E-state index in [1.807, 2.05) is 0 Å². The minimum absolute atomic E-state index is 0.0972. The SMILES string of the molecule is O=C(Cc1ccc(F)c(F)c1)N[C@@H]1CCC[C@H]1C(=O)O. The van der Waals surface area contributed by atoms with Crippen molar-refractivity contribution in [2.24, 2.45) is 5.92 Å². The van der Waals surface area contributed by atoms with Gasteiger partial charge < -0.3 is 10.4 Å². The maximum absolute atomic E-state index is 13.0. The first-order valence-electron chi connectivity index (χ1n) is 6.43. The van der Waals surface area contributed by atoms with Crippen LogP contribution in [-0.4, -0.2) is 23.0 Å². The number of carboxylic acids is 1. The number of carbonyl (C=O) groups excluding carboxylic acids is 1. The fourth-order valence-electron chi connectivity index (χ4n) is 2.52. The highest BCUT2D eigenvalue weighted by Crippen LogP contribution is 2.25. The lowest BCUT2D eigenvalue weighted by Crippen LogP contribution is -2.40. The Bertz CT molecular complexity index is 533. The van der Waals surface area contributed by atoms with Crippen molar-refractivity contribution in [2.45, 2.75) is 31.7 Å². The van der Waals surface area contributed by atoms with Gasteiger partial charge in [0.2, 0.25) is 5.91 Å². The van der Waals surface area contributed by atoms with E-state index < -0.39 is 23.5 Å². The summed E-state index contributed by atoms with van der Waals surface area (Å²) < 4.78 is 25.8. The van der Waals surface area contributed by atoms with Crippen LogP contribution in [0.5, 0.6) is 0 Å². The molecule has 1 fully saturated rings. The third-order valence-corrected chi connectivity index (χ3v) is 3.53. The summed E-state index contributed by atoms with van der Waals surface area (Å²) in [6.07, 6.45) is 1.83. The van der Waals surface area contributed by atoms with Gasteiger partial charge in [0.15, 0.2) is 11.6 Å². The number of benzene rings is 1. The molecule has 108 valence electrons. The predicted molar refractivity (Wildman–Crippen MR) is 67.0 cm³/mol. The predicted octanol–water partition coefficient (Wildman–Crippen LogP) is 1.88. The molecule has 1 amide bonds. The minimum Gasteiger partial charge on any atom is -0.481 e. The summed E-state index contributed by atoms with van der Waals surface area (Å²) in [4.78, 5) is 22.8. The first-order valence-corrected chi connectivity index (χ1v) is 6.43. The average Bonchev–Trinajstić information content (AvgIpc) is 2.82. The zero-order valence-corrected chi connectivity index (χ0v) is 10.7. The normalized spacial score (nSPS) is 21.7. The summed E-state index contributed by atoms with van der Waals surface area (Å²) in [5.74, 6) is -3.82. The molecule has 1 aromatic rings. The van der Waals surface area contributed by atoms with Gasteiger partial charge in [-0.2, -0.15) is 0 Å². The topological polar surface area (TPSA) is 66.4 Å². The summed E-state index contributed by atoms with van der Waals surface area (Å²) >= 11 is 0. The lowest BCUT2D eigenvalue weighted by Gasteiger charge is -2.17. The number of nitrogens with one attached hydrogen (secondary N) is 1. The molecule has 2 rings (SSSR count). The van der Waals surface area contributed by atoms with Crippen LogP contribution in [0.25, 0.3) is 0 Å². The molecule has 1 saturated carbocycles. The Hall–Kier alpha value is -1.98. The largest absolute Gasteiger partial charge is 0.481 e. The Kier molecular flexibility index (Phi) is 4.32. The van der Waals surface area contributed by atoms with Crippen molar-refractivity contribution in [3.05, 3.63) is 35.4 Å². The fourth-order valence-corrected chi connectivity index (χ4v) is 2.52. The second-order valence-electron chi connectivity index (χ2n) is 4.97. The highest BCUT2D eigenvalue weighted by atomic mass is 19.2. The van der Waals surface area contributed by atoms with Crippen LogP contribution in [0.1, 0.15) is 24.8 Å². The molecule has 6 heteroatoms. The Balaban J connectivity index is 1.95. The second-order valence-corrected chi connectivity index (χ2v) is 4.97. The Morgan fingerprint density at radius 2 is 2.00 bits per heavy atom. The number of rotatable bonds is 4. The zero-order valence-electron chi connectivity index (χ0n) is 10.7. The van der Waals surface area contributed by atoms with E-state index in [4.69, 9.17) is 5.11 Å². The van der Waals surface area contributed by atoms with Crippen molar-refractivity contribution in [3.8, 4) is 0 Å². The van der Waals surface area contributed by atoms with Crippen molar-refractivity contribution < 1.29 is 23.5 Å². The Morgan fingerprint density at radius 3 is 2.65 bits per heavy atom. The third-order valence-electron chi connectivity index (χ3n) is 3.53. The van der Waals surface area contributed by atoms with Crippen LogP contribution in [0.3, 0.4) is 0 Å². The minimum atomic E-state index is -1.00. The van der Waals surface area contributed by atoms with Crippen LogP contribution in [-0.2, 0) is 16.0 Å². The summed E-state index contributed by atoms with van der Waals surface area (Å²) in [6.45, 7) is 0. The number of aliphatic carboxylic acids is 1. The van der Waals surface area contributed by atoms with E-state index in [0.717, 1.165) is 18.6 Å². The van der Waals surface area contributed by atoms with Crippen LogP contribution in [0.4, 0.5) is 8.78 Å². The molecule has 4 nitrogen and oxygen atoms in total. The smallest absolute Gasteiger partial charge is 0.308 e. The van der Waals surface area contributed by atoms with Crippen molar-refractivity contribution in [3.63, 3.8) is 0 Å². The number of amides is 1. The van der Waals surface area contributed by atoms with E-state index in [1.54, 1.807) is 0 Å². The van der Waals surface area contributed by atoms with Crippen LogP contribution >= 0.6 is 0 Å². The van der Waals surface area contributed by atoms with Gasteiger partial charge in [0.1, 0.15) is 0 Å². The van der Waals surface area contributed by atoms with Crippen LogP contribution in [0, 0.1) is 17.6 Å². The molecule has 2 N–H and O–H groups in total. The summed E-state index contributed by atoms with van der Waals surface area (Å²) in [6, 6.07) is 2.89. The van der Waals surface area contributed by atoms with Crippen molar-refractivity contribution in [1.29, 1.82) is 0 Å². The molecule has 0 bridgehead atoms. The van der Waals surface area contributed by atoms with Gasteiger partial charge >= 0.3 is 5.97 Å². The van der Waals surface area contributed by atoms with E-state index in [1.165, 1.54) is 6.07 Å². The molecule has 0 spiro atoms. The van der Waals surface area contributed by atoms with E-state index in [2.05, 4.69) is 5.32 Å². The van der Waals surface area contributed by atoms with E-state index in [9.17, 15) is 18.4 Å². The summed E-state index contributed by atoms with van der Waals surface area (Å²) in [5, 5.41) is 11.7. The lowest BCUT2D eigenvalue weighted by molar-refractivity contribution is -0.142. The number of halogens is 2. The van der Waals surface area contributed by atoms with Crippen LogP contribution in [0.2, 0.25) is 0 Å². The van der Waals surface area contributed by atoms with Crippen molar-refractivity contribution in [2.75, 3.05) is 0 Å². The van der Waals surface area contributed by atoms with Gasteiger partial charge in [-0.15, -0.1) is 0 Å². The molecule has 0 radical (unpaired) electrons. The third kappa shape index (κ3) is 3.31. The number of hydrogen-bond acceptors (Lipinski definition) is 2. The monoisotopic (exact) mass is 283 g/mol. The molecule has 20 heavy (non-hydrogen) atoms. The molecule has 0 saturated heterocycles. The molecule has 1 aromatic carbocycles. The molecular weight excluding hydrogens is 268 g/mol. The molecule has 1 aliphatic rings. The lowest BCUT2D eigenvalue weighted by atomic mass is 10.0. The molecule has 0 heterocycles. The van der Waals surface area contributed by atoms with Gasteiger partial charge in [-0.1, -0.05) is 12.5 Å². The maximum Gasteiger partial charge on any atom is 0.308 e. The van der Waals surface area contributed by atoms with E-state index >= 15 is 0 Å². The maximum atomic E-state index is 13.0. The highest BCUT2D eigenvalue weighted by molar-refractivity contribution is 5.80. The van der Waals surface area contributed by atoms with E-state index in [0.29, 0.717) is 18.4 Å². The van der Waals surface area contributed by atoms with Crippen molar-refractivity contribution in [1.82, 2.24) is 5.32 Å². The molecular formula is C14H15F2NO3. The van der Waals surface area contributed by atoms with Crippen molar-refractivity contribution >= 4 is 11.9 Å². The van der Waals surface area contributed by atoms with Gasteiger partial charge in [0.05, 0.1) is 12.3 Å². The first kappa shape index (κ1) is 14.4. The number of carbonyl (C=O) groups is 2. The fraction of sp³-hybridized carbons (Fsp3) is 0.429. The molecule has 2 atom stereocenters. The Labute approximate surface area is 114 Å². The first-order chi connectivity index (χ1) is 9.47. The van der Waals surface area contributed by atoms with Gasteiger partial charge in [-0.25, -0.2) is 8.78 Å². The van der Waals surface area contributed by atoms with Gasteiger partial charge in [-0.3, -0.25) is 9.59 Å². The zero-order chi connectivity index (χ0) is 14.7. The summed E-state index contributed by atoms with van der Waals surface area (Å²) in [7, 11) is 0. The van der Waals surface area contributed by atoms with Crippen LogP contribution < -0.4 is 5.32 Å². The van der Waals surface area contributed by atoms with Gasteiger partial charge in [0, 0.05) is 6.04 Å². The molecule has 1 aliphatic carbocycles. The van der Waals surface area contributed by atoms with Gasteiger partial charge in [-0.05, 0) is 30.5 Å². The number of carboxylic acid groups (broad SMARTS) is 1. The van der Waals surface area contributed by atoms with E-state index in [-0.39, 0.29) is 18.4 Å². The number of hydrogen-bond donors (Lipinski definition) is 2. The second kappa shape index (κ2) is 5.98. The standard InChI is InChI=1S/C14H15F2NO3/c15-10-5-4-8(6-11(10)16)7-13(18)17-12-3-1-2-9(12)14(19)20/h4-6,9,12H,1-3,7H2,(H,17,18)(H,19,20)/t9-,12-/m1/s1. The van der Waals surface area contributed by atoms with Gasteiger partial charge in [0.25, 0.3) is 0 Å². The average molecular weight is 283 g/mol. The Morgan fingerprint density at radius 1 is 1.25 bits per heavy atom. The molecule has 0 unspecified atom stereocenters. The van der Waals surface area contributed by atoms with Crippen LogP contribution in [0.15, 0.2) is 18.2 Å². The summed E-state index contributed by atoms with van der Waals surface area (Å²) in [5.41, 5.74) is 0.353. The molecule has 0 aliphatic heterocycles.